The molecule has 1 fully saturated rings. The average molecular weight is 568 g/mol. The maximum absolute atomic E-state index is 12.7. The Bertz CT molecular complexity index is 931. The summed E-state index contributed by atoms with van der Waals surface area (Å²) in [5.74, 6) is 2.19. The van der Waals surface area contributed by atoms with Crippen LogP contribution in [-0.2, 0) is 18.0 Å². The molecule has 0 bridgehead atoms. The smallest absolute Gasteiger partial charge is 0.434 e. The Morgan fingerprint density at radius 2 is 2.00 bits per heavy atom. The van der Waals surface area contributed by atoms with Crippen molar-refractivity contribution >= 4 is 41.3 Å². The van der Waals surface area contributed by atoms with E-state index in [0.717, 1.165) is 41.1 Å². The second-order valence-corrected chi connectivity index (χ2v) is 8.29. The quantitative estimate of drug-likeness (QED) is 0.296. The van der Waals surface area contributed by atoms with Crippen LogP contribution in [0, 0.1) is 0 Å². The molecule has 11 heteroatoms. The first kappa shape index (κ1) is 23.9. The number of aliphatic imine (C=N–C) groups is 1. The third-order valence-corrected chi connectivity index (χ3v) is 6.10. The highest BCUT2D eigenvalue weighted by Crippen LogP contribution is 2.50. The van der Waals surface area contributed by atoms with Crippen LogP contribution in [-0.4, -0.2) is 37.4 Å². The normalized spacial score (nSPS) is 16.6. The molecule has 6 nitrogen and oxygen atoms in total. The van der Waals surface area contributed by atoms with Crippen LogP contribution in [0.2, 0.25) is 0 Å². The molecule has 1 aromatic carbocycles. The van der Waals surface area contributed by atoms with E-state index in [1.807, 2.05) is 19.1 Å². The minimum absolute atomic E-state index is 0. The van der Waals surface area contributed by atoms with Crippen molar-refractivity contribution in [2.45, 2.75) is 37.8 Å². The summed E-state index contributed by atoms with van der Waals surface area (Å²) in [6.07, 6.45) is -1.89. The van der Waals surface area contributed by atoms with Crippen molar-refractivity contribution in [3.8, 4) is 11.5 Å². The summed E-state index contributed by atoms with van der Waals surface area (Å²) in [7, 11) is 0. The number of hydrogen-bond donors (Lipinski definition) is 2. The number of alkyl halides is 3. The van der Waals surface area contributed by atoms with Gasteiger partial charge in [0.2, 0.25) is 6.79 Å². The van der Waals surface area contributed by atoms with Gasteiger partial charge in [-0.15, -0.1) is 35.3 Å². The highest BCUT2D eigenvalue weighted by atomic mass is 127. The van der Waals surface area contributed by atoms with Crippen LogP contribution in [0.15, 0.2) is 28.6 Å². The maximum atomic E-state index is 12.7. The Morgan fingerprint density at radius 3 is 2.68 bits per heavy atom. The number of rotatable bonds is 7. The molecule has 1 aromatic heterocycles. The van der Waals surface area contributed by atoms with E-state index in [1.54, 1.807) is 0 Å². The molecule has 0 unspecified atom stereocenters. The third-order valence-electron chi connectivity index (χ3n) is 5.20. The van der Waals surface area contributed by atoms with E-state index in [1.165, 1.54) is 5.56 Å². The first-order valence-electron chi connectivity index (χ1n) is 9.83. The number of fused-ring (bicyclic) bond motifs is 1. The van der Waals surface area contributed by atoms with Crippen LogP contribution in [0.4, 0.5) is 13.2 Å². The van der Waals surface area contributed by atoms with E-state index in [9.17, 15) is 13.2 Å². The molecule has 31 heavy (non-hydrogen) atoms. The summed E-state index contributed by atoms with van der Waals surface area (Å²) in [4.78, 5) is 8.38. The van der Waals surface area contributed by atoms with Gasteiger partial charge in [0.05, 0.1) is 11.6 Å². The Balaban J connectivity index is 0.00000272. The maximum Gasteiger partial charge on any atom is 0.434 e. The van der Waals surface area contributed by atoms with Gasteiger partial charge in [-0.1, -0.05) is 6.07 Å². The molecule has 2 aliphatic rings. The zero-order valence-electron chi connectivity index (χ0n) is 16.9. The molecule has 2 heterocycles. The zero-order chi connectivity index (χ0) is 21.2. The summed E-state index contributed by atoms with van der Waals surface area (Å²) < 4.78 is 48.9. The minimum Gasteiger partial charge on any atom is -0.454 e. The van der Waals surface area contributed by atoms with Gasteiger partial charge >= 0.3 is 6.18 Å². The van der Waals surface area contributed by atoms with Gasteiger partial charge in [0.25, 0.3) is 0 Å². The van der Waals surface area contributed by atoms with Crippen LogP contribution in [0.5, 0.6) is 11.5 Å². The van der Waals surface area contributed by atoms with Crippen molar-refractivity contribution in [2.75, 3.05) is 26.4 Å². The van der Waals surface area contributed by atoms with Crippen LogP contribution in [0.3, 0.4) is 0 Å². The van der Waals surface area contributed by atoms with Crippen molar-refractivity contribution in [3.05, 3.63) is 39.8 Å². The molecule has 1 aliphatic heterocycles. The van der Waals surface area contributed by atoms with Crippen LogP contribution >= 0.6 is 35.3 Å². The van der Waals surface area contributed by atoms with Gasteiger partial charge in [0.1, 0.15) is 0 Å². The van der Waals surface area contributed by atoms with Crippen LogP contribution in [0.1, 0.15) is 36.0 Å². The fourth-order valence-electron chi connectivity index (χ4n) is 3.33. The lowest BCUT2D eigenvalue weighted by Gasteiger charge is -2.16. The molecule has 4 rings (SSSR count). The molecule has 2 aromatic rings. The van der Waals surface area contributed by atoms with Gasteiger partial charge in [0.15, 0.2) is 23.2 Å². The molecule has 170 valence electrons. The van der Waals surface area contributed by atoms with Crippen molar-refractivity contribution in [2.24, 2.45) is 4.99 Å². The predicted octanol–water partition coefficient (Wildman–Crippen LogP) is 4.34. The number of benzene rings is 1. The summed E-state index contributed by atoms with van der Waals surface area (Å²) in [6, 6.07) is 6.04. The van der Waals surface area contributed by atoms with Crippen LogP contribution < -0.4 is 20.1 Å². The Labute approximate surface area is 199 Å². The minimum atomic E-state index is -4.40. The molecule has 0 radical (unpaired) electrons. The largest absolute Gasteiger partial charge is 0.454 e. The molecule has 2 N–H and O–H groups in total. The first-order chi connectivity index (χ1) is 14.4. The van der Waals surface area contributed by atoms with Crippen molar-refractivity contribution in [1.82, 2.24) is 15.6 Å². The Kier molecular flexibility index (Phi) is 7.55. The molecule has 0 saturated heterocycles. The number of hydrogen-bond acceptors (Lipinski definition) is 5. The number of nitrogens with one attached hydrogen (secondary N) is 2. The summed E-state index contributed by atoms with van der Waals surface area (Å²) in [5, 5.41) is 7.88. The standard InChI is InChI=1S/C20H23F3N4O2S.HI/c1-2-24-18(25-8-5-17-27-16(10-30-17)20(21,22)23)26-11-19(6-7-19)13-3-4-14-15(9-13)29-12-28-14;/h3-4,9-10H,2,5-8,11-12H2,1H3,(H2,24,25,26);1H. The first-order valence-corrected chi connectivity index (χ1v) is 10.7. The second kappa shape index (κ2) is 9.80. The molecule has 0 amide bonds. The number of halogens is 4. The van der Waals surface area contributed by atoms with Gasteiger partial charge in [-0.2, -0.15) is 13.2 Å². The van der Waals surface area contributed by atoms with E-state index >= 15 is 0 Å². The number of thiazole rings is 1. The van der Waals surface area contributed by atoms with Crippen molar-refractivity contribution in [3.63, 3.8) is 0 Å². The third kappa shape index (κ3) is 5.73. The number of nitrogens with zero attached hydrogens (tertiary/aromatic N) is 2. The highest BCUT2D eigenvalue weighted by molar-refractivity contribution is 14.0. The topological polar surface area (TPSA) is 67.8 Å². The van der Waals surface area contributed by atoms with E-state index in [0.29, 0.717) is 37.0 Å². The second-order valence-electron chi connectivity index (χ2n) is 7.34. The lowest BCUT2D eigenvalue weighted by atomic mass is 9.96. The molecule has 1 saturated carbocycles. The summed E-state index contributed by atoms with van der Waals surface area (Å²) in [5.41, 5.74) is 0.358. The van der Waals surface area contributed by atoms with Crippen LogP contribution in [0.25, 0.3) is 0 Å². The molecule has 0 spiro atoms. The van der Waals surface area contributed by atoms with Gasteiger partial charge in [-0.05, 0) is 37.5 Å². The van der Waals surface area contributed by atoms with Gasteiger partial charge in [0, 0.05) is 30.3 Å². The average Bonchev–Trinajstić information content (AvgIpc) is 3.12. The van der Waals surface area contributed by atoms with E-state index in [2.05, 4.69) is 21.7 Å². The van der Waals surface area contributed by atoms with Crippen molar-refractivity contribution in [1.29, 1.82) is 0 Å². The predicted molar refractivity (Wildman–Crippen MR) is 124 cm³/mol. The Hall–Kier alpha value is -1.76. The fraction of sp³-hybridized carbons (Fsp3) is 0.500. The summed E-state index contributed by atoms with van der Waals surface area (Å²) >= 11 is 1.02. The number of guanidine groups is 1. The van der Waals surface area contributed by atoms with E-state index in [4.69, 9.17) is 14.5 Å². The SMILES string of the molecule is CCNC(=NCC1(c2ccc3c(c2)OCO3)CC1)NCCc1nc(C(F)(F)F)cs1.I. The zero-order valence-corrected chi connectivity index (χ0v) is 20.1. The highest BCUT2D eigenvalue weighted by Gasteiger charge is 2.44. The number of aromatic nitrogens is 1. The van der Waals surface area contributed by atoms with E-state index < -0.39 is 11.9 Å². The van der Waals surface area contributed by atoms with Crippen molar-refractivity contribution < 1.29 is 22.6 Å². The lowest BCUT2D eigenvalue weighted by molar-refractivity contribution is -0.140. The number of ether oxygens (including phenoxy) is 2. The summed E-state index contributed by atoms with van der Waals surface area (Å²) in [6.45, 7) is 3.99. The lowest BCUT2D eigenvalue weighted by Crippen LogP contribution is -2.39. The molecule has 0 atom stereocenters. The van der Waals surface area contributed by atoms with Gasteiger partial charge < -0.3 is 20.1 Å². The fourth-order valence-corrected chi connectivity index (χ4v) is 4.14. The molecular formula is C20H24F3IN4O2S. The van der Waals surface area contributed by atoms with Gasteiger partial charge in [-0.25, -0.2) is 4.98 Å². The monoisotopic (exact) mass is 568 g/mol. The van der Waals surface area contributed by atoms with E-state index in [-0.39, 0.29) is 36.2 Å². The molecule has 1 aliphatic carbocycles. The van der Waals surface area contributed by atoms with Gasteiger partial charge in [-0.3, -0.25) is 4.99 Å². The molecular weight excluding hydrogens is 544 g/mol. The Morgan fingerprint density at radius 1 is 1.23 bits per heavy atom.